The summed E-state index contributed by atoms with van der Waals surface area (Å²) < 4.78 is 11.0. The van der Waals surface area contributed by atoms with Crippen molar-refractivity contribution in [3.8, 4) is 5.75 Å². The predicted molar refractivity (Wildman–Crippen MR) is 49.9 cm³/mol. The van der Waals surface area contributed by atoms with Crippen molar-refractivity contribution in [2.45, 2.75) is 6.92 Å². The normalized spacial score (nSPS) is 10.4. The number of benzene rings is 1. The van der Waals surface area contributed by atoms with Gasteiger partial charge in [-0.1, -0.05) is 0 Å². The first-order valence-electron chi connectivity index (χ1n) is 3.87. The molecule has 0 aliphatic carbocycles. The summed E-state index contributed by atoms with van der Waals surface area (Å²) in [5.41, 5.74) is 0. The third-order valence-corrected chi connectivity index (χ3v) is 3.27. The van der Waals surface area contributed by atoms with Crippen LogP contribution in [0.5, 0.6) is 5.75 Å². The molecular formula is C9H9NOSe. The Morgan fingerprint density at radius 3 is 3.25 bits per heavy atom. The van der Waals surface area contributed by atoms with Gasteiger partial charge >= 0.3 is 76.8 Å². The molecule has 0 atom stereocenters. The second kappa shape index (κ2) is 3.30. The Morgan fingerprint density at radius 1 is 1.50 bits per heavy atom. The molecule has 0 saturated carbocycles. The maximum atomic E-state index is 5.38. The molecule has 0 aliphatic rings. The van der Waals surface area contributed by atoms with Gasteiger partial charge in [-0.25, -0.2) is 0 Å². The molecule has 12 heavy (non-hydrogen) atoms. The van der Waals surface area contributed by atoms with Crippen molar-refractivity contribution >= 4 is 24.4 Å². The number of rotatable bonds is 2. The zero-order chi connectivity index (χ0) is 8.39. The summed E-state index contributed by atoms with van der Waals surface area (Å²) in [6.45, 7) is 2.71. The van der Waals surface area contributed by atoms with E-state index in [9.17, 15) is 0 Å². The van der Waals surface area contributed by atoms with Crippen LogP contribution in [0.1, 0.15) is 6.92 Å². The first kappa shape index (κ1) is 7.84. The molecule has 0 fully saturated rings. The summed E-state index contributed by atoms with van der Waals surface area (Å²) in [7, 11) is 0. The molecule has 0 unspecified atom stereocenters. The number of aromatic nitrogens is 1. The molecule has 62 valence electrons. The van der Waals surface area contributed by atoms with E-state index in [1.54, 1.807) is 0 Å². The van der Waals surface area contributed by atoms with Gasteiger partial charge in [-0.2, -0.15) is 0 Å². The molecule has 0 aliphatic heterocycles. The van der Waals surface area contributed by atoms with E-state index in [4.69, 9.17) is 4.74 Å². The summed E-state index contributed by atoms with van der Waals surface area (Å²) in [6.07, 6.45) is 1.93. The van der Waals surface area contributed by atoms with Crippen LogP contribution in [-0.2, 0) is 0 Å². The molecule has 1 aromatic carbocycles. The summed E-state index contributed by atoms with van der Waals surface area (Å²) >= 11 is 0.306. The van der Waals surface area contributed by atoms with Crippen LogP contribution >= 0.6 is 0 Å². The molecule has 2 aromatic rings. The number of hydrogen-bond acceptors (Lipinski definition) is 2. The van der Waals surface area contributed by atoms with Crippen molar-refractivity contribution in [1.29, 1.82) is 0 Å². The minimum absolute atomic E-state index is 0.306. The minimum atomic E-state index is 0.306. The summed E-state index contributed by atoms with van der Waals surface area (Å²) in [5.74, 6) is 0.945. The van der Waals surface area contributed by atoms with Gasteiger partial charge in [-0.05, 0) is 0 Å². The van der Waals surface area contributed by atoms with Crippen molar-refractivity contribution in [3.63, 3.8) is 0 Å². The molecule has 2 rings (SSSR count). The Balaban J connectivity index is 2.46. The molecule has 0 amide bonds. The number of nitrogens with zero attached hydrogens (tertiary/aromatic N) is 1. The SMILES string of the molecule is CCOc1ccc2[se]ncc2c1. The van der Waals surface area contributed by atoms with Crippen molar-refractivity contribution < 1.29 is 4.74 Å². The van der Waals surface area contributed by atoms with Gasteiger partial charge in [0.1, 0.15) is 0 Å². The molecular weight excluding hydrogens is 217 g/mol. The summed E-state index contributed by atoms with van der Waals surface area (Å²) in [5, 5.41) is 1.22. The van der Waals surface area contributed by atoms with Gasteiger partial charge in [0.05, 0.1) is 0 Å². The third-order valence-electron chi connectivity index (χ3n) is 1.64. The van der Waals surface area contributed by atoms with Crippen LogP contribution < -0.4 is 4.74 Å². The number of fused-ring (bicyclic) bond motifs is 1. The second-order valence-electron chi connectivity index (χ2n) is 2.46. The molecule has 0 spiro atoms. The maximum absolute atomic E-state index is 5.38. The monoisotopic (exact) mass is 227 g/mol. The Bertz CT molecular complexity index is 383. The van der Waals surface area contributed by atoms with Crippen LogP contribution in [0.3, 0.4) is 0 Å². The van der Waals surface area contributed by atoms with Gasteiger partial charge in [0.15, 0.2) is 0 Å². The van der Waals surface area contributed by atoms with E-state index in [-0.39, 0.29) is 0 Å². The van der Waals surface area contributed by atoms with Crippen LogP contribution in [0.4, 0.5) is 0 Å². The average molecular weight is 226 g/mol. The zero-order valence-electron chi connectivity index (χ0n) is 6.78. The van der Waals surface area contributed by atoms with Gasteiger partial charge in [0.25, 0.3) is 0 Å². The van der Waals surface area contributed by atoms with E-state index < -0.39 is 0 Å². The first-order valence-corrected chi connectivity index (χ1v) is 5.49. The molecule has 3 heteroatoms. The van der Waals surface area contributed by atoms with Crippen molar-refractivity contribution in [2.75, 3.05) is 6.61 Å². The third kappa shape index (κ3) is 1.38. The Labute approximate surface area is 77.2 Å². The fraction of sp³-hybridized carbons (Fsp3) is 0.222. The van der Waals surface area contributed by atoms with Crippen molar-refractivity contribution in [2.24, 2.45) is 0 Å². The van der Waals surface area contributed by atoms with E-state index >= 15 is 0 Å². The van der Waals surface area contributed by atoms with E-state index in [2.05, 4.69) is 16.1 Å². The van der Waals surface area contributed by atoms with Gasteiger partial charge in [0.2, 0.25) is 0 Å². The van der Waals surface area contributed by atoms with Gasteiger partial charge in [-0.15, -0.1) is 0 Å². The Morgan fingerprint density at radius 2 is 2.42 bits per heavy atom. The molecule has 0 radical (unpaired) electrons. The average Bonchev–Trinajstić information content (AvgIpc) is 2.51. The summed E-state index contributed by atoms with van der Waals surface area (Å²) in [4.78, 5) is 0. The molecule has 2 nitrogen and oxygen atoms in total. The van der Waals surface area contributed by atoms with Crippen molar-refractivity contribution in [1.82, 2.24) is 3.98 Å². The Hall–Kier alpha value is -0.791. The van der Waals surface area contributed by atoms with Crippen LogP contribution in [0.15, 0.2) is 24.4 Å². The van der Waals surface area contributed by atoms with E-state index in [1.807, 2.05) is 19.2 Å². The topological polar surface area (TPSA) is 22.1 Å². The van der Waals surface area contributed by atoms with E-state index in [0.717, 1.165) is 12.4 Å². The van der Waals surface area contributed by atoms with Crippen LogP contribution in [-0.4, -0.2) is 25.3 Å². The van der Waals surface area contributed by atoms with E-state index in [0.29, 0.717) is 14.7 Å². The van der Waals surface area contributed by atoms with Crippen LogP contribution in [0, 0.1) is 0 Å². The van der Waals surface area contributed by atoms with Crippen LogP contribution in [0.25, 0.3) is 9.65 Å². The molecule has 0 saturated heterocycles. The number of ether oxygens (including phenoxy) is 1. The molecule has 0 bridgehead atoms. The molecule has 1 heterocycles. The zero-order valence-corrected chi connectivity index (χ0v) is 8.49. The Kier molecular flexibility index (Phi) is 2.15. The molecule has 0 N–H and O–H groups in total. The number of hydrogen-bond donors (Lipinski definition) is 0. The second-order valence-corrected chi connectivity index (χ2v) is 4.21. The summed E-state index contributed by atoms with van der Waals surface area (Å²) in [6, 6.07) is 6.17. The molecule has 1 aromatic heterocycles. The van der Waals surface area contributed by atoms with Crippen LogP contribution in [0.2, 0.25) is 0 Å². The van der Waals surface area contributed by atoms with Gasteiger partial charge < -0.3 is 0 Å². The van der Waals surface area contributed by atoms with Gasteiger partial charge in [-0.3, -0.25) is 0 Å². The first-order chi connectivity index (χ1) is 5.90. The quantitative estimate of drug-likeness (QED) is 0.727. The predicted octanol–water partition coefficient (Wildman–Crippen LogP) is 1.69. The fourth-order valence-electron chi connectivity index (χ4n) is 1.11. The fourth-order valence-corrected chi connectivity index (χ4v) is 2.42. The van der Waals surface area contributed by atoms with E-state index in [1.165, 1.54) is 9.65 Å². The van der Waals surface area contributed by atoms with Crippen molar-refractivity contribution in [3.05, 3.63) is 24.4 Å². The standard InChI is InChI=1S/C9H9NOSe/c1-2-11-8-3-4-9-7(5-8)6-10-12-9/h3-6H,2H2,1H3. The van der Waals surface area contributed by atoms with Gasteiger partial charge in [0, 0.05) is 0 Å².